The standard InChI is InChI=1S/C16H16O2S/c1-12-7-3-5-9-14(12)15(17)11-19(18)16-10-6-4-8-13(16)2/h3-10H,11H2,1-2H3. The third-order valence-corrected chi connectivity index (χ3v) is 4.52. The predicted octanol–water partition coefficient (Wildman–Crippen LogP) is 3.29. The number of benzene rings is 2. The van der Waals surface area contributed by atoms with Crippen molar-refractivity contribution in [3.63, 3.8) is 0 Å². The molecule has 0 aliphatic rings. The van der Waals surface area contributed by atoms with Crippen molar-refractivity contribution in [3.8, 4) is 0 Å². The van der Waals surface area contributed by atoms with E-state index in [0.29, 0.717) is 5.56 Å². The fourth-order valence-corrected chi connectivity index (χ4v) is 3.18. The molecule has 0 heterocycles. The molecule has 0 spiro atoms. The van der Waals surface area contributed by atoms with Gasteiger partial charge in [0.2, 0.25) is 0 Å². The lowest BCUT2D eigenvalue weighted by Crippen LogP contribution is -2.13. The van der Waals surface area contributed by atoms with Crippen LogP contribution in [-0.4, -0.2) is 15.7 Å². The van der Waals surface area contributed by atoms with Gasteiger partial charge in [-0.2, -0.15) is 0 Å². The van der Waals surface area contributed by atoms with E-state index in [1.165, 1.54) is 0 Å². The maximum Gasteiger partial charge on any atom is 0.175 e. The quantitative estimate of drug-likeness (QED) is 0.800. The second kappa shape index (κ2) is 5.93. The molecule has 2 aromatic carbocycles. The Morgan fingerprint density at radius 3 is 2.16 bits per heavy atom. The average Bonchev–Trinajstić information content (AvgIpc) is 2.39. The molecule has 0 aromatic heterocycles. The Morgan fingerprint density at radius 2 is 1.53 bits per heavy atom. The second-order valence-electron chi connectivity index (χ2n) is 4.49. The summed E-state index contributed by atoms with van der Waals surface area (Å²) in [7, 11) is -1.28. The molecule has 1 unspecified atom stereocenters. The highest BCUT2D eigenvalue weighted by atomic mass is 32.2. The van der Waals surface area contributed by atoms with E-state index in [-0.39, 0.29) is 11.5 Å². The van der Waals surface area contributed by atoms with Crippen molar-refractivity contribution in [3.05, 3.63) is 65.2 Å². The first kappa shape index (κ1) is 13.7. The fourth-order valence-electron chi connectivity index (χ4n) is 1.97. The molecular weight excluding hydrogens is 256 g/mol. The maximum atomic E-state index is 12.3. The molecule has 0 radical (unpaired) electrons. The summed E-state index contributed by atoms with van der Waals surface area (Å²) in [4.78, 5) is 12.9. The van der Waals surface area contributed by atoms with Crippen LogP contribution < -0.4 is 0 Å². The Balaban J connectivity index is 2.19. The Hall–Kier alpha value is -1.74. The Labute approximate surface area is 115 Å². The molecule has 3 heteroatoms. The van der Waals surface area contributed by atoms with E-state index in [2.05, 4.69) is 0 Å². The lowest BCUT2D eigenvalue weighted by Gasteiger charge is -2.07. The summed E-state index contributed by atoms with van der Waals surface area (Å²) in [6, 6.07) is 14.9. The zero-order valence-corrected chi connectivity index (χ0v) is 11.9. The fraction of sp³-hybridized carbons (Fsp3) is 0.188. The van der Waals surface area contributed by atoms with E-state index in [9.17, 15) is 9.00 Å². The van der Waals surface area contributed by atoms with Gasteiger partial charge in [0.1, 0.15) is 0 Å². The summed E-state index contributed by atoms with van der Waals surface area (Å²) in [6.07, 6.45) is 0. The zero-order valence-electron chi connectivity index (χ0n) is 11.1. The highest BCUT2D eigenvalue weighted by Crippen LogP contribution is 2.15. The molecule has 0 amide bonds. The monoisotopic (exact) mass is 272 g/mol. The number of Topliss-reactive ketones (excluding diaryl/α,β-unsaturated/α-hetero) is 1. The van der Waals surface area contributed by atoms with Crippen molar-refractivity contribution in [1.29, 1.82) is 0 Å². The average molecular weight is 272 g/mol. The molecule has 0 aliphatic carbocycles. The lowest BCUT2D eigenvalue weighted by atomic mass is 10.1. The smallest absolute Gasteiger partial charge is 0.175 e. The summed E-state index contributed by atoms with van der Waals surface area (Å²) >= 11 is 0. The summed E-state index contributed by atoms with van der Waals surface area (Å²) in [5.41, 5.74) is 2.54. The van der Waals surface area contributed by atoms with Gasteiger partial charge in [0.05, 0.1) is 16.6 Å². The van der Waals surface area contributed by atoms with Crippen LogP contribution in [0.15, 0.2) is 53.4 Å². The van der Waals surface area contributed by atoms with Crippen molar-refractivity contribution >= 4 is 16.6 Å². The van der Waals surface area contributed by atoms with Crippen LogP contribution in [-0.2, 0) is 10.8 Å². The number of rotatable bonds is 4. The highest BCUT2D eigenvalue weighted by molar-refractivity contribution is 7.85. The van der Waals surface area contributed by atoms with Crippen LogP contribution in [0.2, 0.25) is 0 Å². The van der Waals surface area contributed by atoms with Crippen molar-refractivity contribution in [1.82, 2.24) is 0 Å². The first-order valence-corrected chi connectivity index (χ1v) is 7.44. The summed E-state index contributed by atoms with van der Waals surface area (Å²) in [5.74, 6) is -0.0323. The lowest BCUT2D eigenvalue weighted by molar-refractivity contribution is 0.102. The normalized spacial score (nSPS) is 12.1. The molecule has 19 heavy (non-hydrogen) atoms. The zero-order chi connectivity index (χ0) is 13.8. The molecular formula is C16H16O2S. The number of hydrogen-bond donors (Lipinski definition) is 0. The first-order chi connectivity index (χ1) is 9.09. The van der Waals surface area contributed by atoms with Crippen molar-refractivity contribution in [2.45, 2.75) is 18.7 Å². The molecule has 0 N–H and O–H groups in total. The number of hydrogen-bond acceptors (Lipinski definition) is 2. The van der Waals surface area contributed by atoms with Gasteiger partial charge in [0, 0.05) is 10.5 Å². The van der Waals surface area contributed by atoms with Gasteiger partial charge in [-0.3, -0.25) is 9.00 Å². The molecule has 0 fully saturated rings. The van der Waals surface area contributed by atoms with Gasteiger partial charge in [0.25, 0.3) is 0 Å². The van der Waals surface area contributed by atoms with Crippen LogP contribution in [0, 0.1) is 13.8 Å². The van der Waals surface area contributed by atoms with E-state index in [1.807, 2.05) is 56.3 Å². The van der Waals surface area contributed by atoms with Gasteiger partial charge < -0.3 is 0 Å². The van der Waals surface area contributed by atoms with E-state index in [0.717, 1.165) is 16.0 Å². The number of ketones is 1. The Kier molecular flexibility index (Phi) is 4.27. The second-order valence-corrected chi connectivity index (χ2v) is 5.91. The van der Waals surface area contributed by atoms with E-state index >= 15 is 0 Å². The molecule has 1 atom stereocenters. The third kappa shape index (κ3) is 3.18. The van der Waals surface area contributed by atoms with E-state index in [1.54, 1.807) is 6.07 Å². The molecule has 2 nitrogen and oxygen atoms in total. The van der Waals surface area contributed by atoms with Gasteiger partial charge in [-0.05, 0) is 31.0 Å². The van der Waals surface area contributed by atoms with Gasteiger partial charge >= 0.3 is 0 Å². The highest BCUT2D eigenvalue weighted by Gasteiger charge is 2.14. The van der Waals surface area contributed by atoms with Gasteiger partial charge in [-0.1, -0.05) is 42.5 Å². The van der Waals surface area contributed by atoms with Gasteiger partial charge in [0.15, 0.2) is 5.78 Å². The Bertz CT molecular complexity index is 577. The molecule has 0 aliphatic heterocycles. The molecule has 0 saturated heterocycles. The number of aryl methyl sites for hydroxylation is 2. The molecule has 2 aromatic rings. The summed E-state index contributed by atoms with van der Waals surface area (Å²) in [5, 5.41) is 0. The van der Waals surface area contributed by atoms with Crippen molar-refractivity contribution in [2.75, 3.05) is 5.75 Å². The largest absolute Gasteiger partial charge is 0.293 e. The summed E-state index contributed by atoms with van der Waals surface area (Å²) < 4.78 is 12.3. The molecule has 0 saturated carbocycles. The minimum Gasteiger partial charge on any atom is -0.293 e. The first-order valence-electron chi connectivity index (χ1n) is 6.12. The predicted molar refractivity (Wildman–Crippen MR) is 78.0 cm³/mol. The molecule has 2 rings (SSSR count). The van der Waals surface area contributed by atoms with E-state index < -0.39 is 10.8 Å². The maximum absolute atomic E-state index is 12.3. The van der Waals surface area contributed by atoms with Crippen LogP contribution in [0.5, 0.6) is 0 Å². The summed E-state index contributed by atoms with van der Waals surface area (Å²) in [6.45, 7) is 3.80. The third-order valence-electron chi connectivity index (χ3n) is 3.05. The van der Waals surface area contributed by atoms with Crippen molar-refractivity contribution < 1.29 is 9.00 Å². The number of carbonyl (C=O) groups excluding carboxylic acids is 1. The van der Waals surface area contributed by atoms with Crippen LogP contribution in [0.1, 0.15) is 21.5 Å². The van der Waals surface area contributed by atoms with Crippen LogP contribution in [0.4, 0.5) is 0 Å². The van der Waals surface area contributed by atoms with E-state index in [4.69, 9.17) is 0 Å². The minimum atomic E-state index is -1.28. The van der Waals surface area contributed by atoms with Gasteiger partial charge in [-0.15, -0.1) is 0 Å². The SMILES string of the molecule is Cc1ccccc1C(=O)CS(=O)c1ccccc1C. The van der Waals surface area contributed by atoms with Crippen LogP contribution >= 0.6 is 0 Å². The van der Waals surface area contributed by atoms with Crippen LogP contribution in [0.3, 0.4) is 0 Å². The minimum absolute atomic E-state index is 0.0374. The molecule has 98 valence electrons. The van der Waals surface area contributed by atoms with Gasteiger partial charge in [-0.25, -0.2) is 0 Å². The van der Waals surface area contributed by atoms with Crippen molar-refractivity contribution in [2.24, 2.45) is 0 Å². The molecule has 0 bridgehead atoms. The topological polar surface area (TPSA) is 34.1 Å². The van der Waals surface area contributed by atoms with Crippen LogP contribution in [0.25, 0.3) is 0 Å². The number of carbonyl (C=O) groups is 1. The Morgan fingerprint density at radius 1 is 0.947 bits per heavy atom.